The highest BCUT2D eigenvalue weighted by Gasteiger charge is 2.52. The first-order valence-electron chi connectivity index (χ1n) is 45.2. The number of ketones is 2. The van der Waals surface area contributed by atoms with Crippen LogP contribution in [0.5, 0.6) is 23.0 Å². The molecule has 2 saturated carbocycles. The number of anilines is 4. The SMILES string of the molecule is CCCCC(CC)Cc1ccc(-c2c3cc(-c4ccc5c(c4)C(C)(C)C(/C=C4/C(=O)C(c6c(O)cc(N7c8ccccc8C8CCCC87)cc6O)=C4O)=[N+]5CCCC)sc3c(-c3ccc(CC(CC)CCCC)s3)c3cc(-c4ccc5c(c4)C(C)(C)C(/C=C4\C(=O)C(c6c(O)cc(N7c8ccccc8C8CCCC87)cc6O)=C4O)=[N+]5CCCC)sc23)s1. The summed E-state index contributed by atoms with van der Waals surface area (Å²) in [5.41, 5.74) is 15.7. The molecule has 626 valence electrons. The van der Waals surface area contributed by atoms with Gasteiger partial charge in [-0.2, -0.15) is 9.15 Å². The van der Waals surface area contributed by atoms with Gasteiger partial charge in [0.25, 0.3) is 0 Å². The number of aliphatic hydroxyl groups excluding tert-OH is 2. The van der Waals surface area contributed by atoms with Crippen LogP contribution in [-0.4, -0.2) is 88.0 Å². The Morgan fingerprint density at radius 2 is 0.836 bits per heavy atom. The Kier molecular flexibility index (Phi) is 21.5. The molecule has 19 rings (SSSR count). The second-order valence-corrected chi connectivity index (χ2v) is 41.2. The Morgan fingerprint density at radius 3 is 1.21 bits per heavy atom. The molecule has 0 spiro atoms. The Balaban J connectivity index is 0.701. The van der Waals surface area contributed by atoms with Gasteiger partial charge in [-0.1, -0.05) is 155 Å². The van der Waals surface area contributed by atoms with E-state index in [1.54, 1.807) is 24.3 Å². The monoisotopic (exact) mass is 1700 g/mol. The standard InChI is InChI=1S/C106H110N4O8S4/c1-11-17-27-59(15-5)47-65-39-43-87(119-65)93-71-55-89(61-37-41-81-75(49-61)105(7,8)91(107(81)45-19-13-3)57-73-99(115)97(100(73)116)95-83(111)51-63(52-84(95)112)109-77-33-23-21-29-67(77)69-31-25-35-79(69)109)122-104(71)94(88-44-40-66(120-88)48-60(16-6)28-18-12-2)72-56-90(121-103(72)93)62-38-42-82-76(50-62)106(9,10)92(108(82)46-20-14-4)58-74-101(117)98(102(74)118)96-85(113)53-64(54-86(96)114)110-78-34-24-22-30-68(78)70-32-26-36-80(70)110/h21-24,29-30,33-34,37-44,49-60,69-70,79-80H,11-20,25-28,31-32,35-36,45-48H2,1-10H3,(H4,111,112,113,114,115,116,117,118)/p+2. The van der Waals surface area contributed by atoms with Crippen molar-refractivity contribution >= 4 is 134 Å². The van der Waals surface area contributed by atoms with Crippen LogP contribution in [0.25, 0.3) is 73.1 Å². The molecule has 6 unspecified atom stereocenters. The van der Waals surface area contributed by atoms with Crippen molar-refractivity contribution in [2.24, 2.45) is 11.8 Å². The van der Waals surface area contributed by atoms with Gasteiger partial charge in [0, 0.05) is 180 Å². The van der Waals surface area contributed by atoms with Gasteiger partial charge in [-0.25, -0.2) is 0 Å². The van der Waals surface area contributed by atoms with Crippen LogP contribution in [0.1, 0.15) is 240 Å². The van der Waals surface area contributed by atoms with Gasteiger partial charge in [-0.15, -0.1) is 45.3 Å². The Bertz CT molecular complexity index is 5860. The summed E-state index contributed by atoms with van der Waals surface area (Å²) in [6.07, 6.45) is 25.3. The first kappa shape index (κ1) is 81.6. The van der Waals surface area contributed by atoms with Crippen LogP contribution in [0.3, 0.4) is 0 Å². The lowest BCUT2D eigenvalue weighted by Gasteiger charge is -2.29. The summed E-state index contributed by atoms with van der Waals surface area (Å²) >= 11 is 7.65. The quantitative estimate of drug-likeness (QED) is 0.0205. The lowest BCUT2D eigenvalue weighted by molar-refractivity contribution is -0.438. The molecule has 8 aliphatic rings. The lowest BCUT2D eigenvalue weighted by atomic mass is 9.77. The smallest absolute Gasteiger partial charge is 0.209 e. The number of phenolic OH excluding ortho intramolecular Hbond substituents is 4. The number of unbranched alkanes of at least 4 members (excludes halogenated alkanes) is 4. The third-order valence-electron chi connectivity index (χ3n) is 28.7. The number of aromatic hydroxyl groups is 4. The minimum absolute atomic E-state index is 0.0529. The Morgan fingerprint density at radius 1 is 0.443 bits per heavy atom. The summed E-state index contributed by atoms with van der Waals surface area (Å²) in [6.45, 7) is 24.0. The first-order valence-corrected chi connectivity index (χ1v) is 48.4. The maximum Gasteiger partial charge on any atom is 0.209 e. The van der Waals surface area contributed by atoms with E-state index in [1.807, 2.05) is 69.6 Å². The van der Waals surface area contributed by atoms with Crippen molar-refractivity contribution in [2.75, 3.05) is 22.9 Å². The van der Waals surface area contributed by atoms with E-state index in [1.165, 1.54) is 100 Å². The molecule has 0 saturated heterocycles. The van der Waals surface area contributed by atoms with Gasteiger partial charge in [0.1, 0.15) is 47.6 Å². The van der Waals surface area contributed by atoms with Crippen molar-refractivity contribution in [3.05, 3.63) is 224 Å². The number of phenols is 4. The molecule has 2 fully saturated rings. The summed E-state index contributed by atoms with van der Waals surface area (Å²) in [5.74, 6) is -0.411. The molecule has 4 aromatic heterocycles. The second kappa shape index (κ2) is 32.2. The fourth-order valence-corrected chi connectivity index (χ4v) is 27.0. The molecule has 12 nitrogen and oxygen atoms in total. The van der Waals surface area contributed by atoms with Crippen LogP contribution in [0, 0.1) is 11.8 Å². The van der Waals surface area contributed by atoms with Crippen molar-refractivity contribution in [1.29, 1.82) is 0 Å². The number of aliphatic hydroxyl groups is 2. The molecule has 16 heteroatoms. The van der Waals surface area contributed by atoms with E-state index in [0.717, 1.165) is 156 Å². The normalized spacial score (nSPS) is 20.4. The van der Waals surface area contributed by atoms with E-state index >= 15 is 0 Å². The van der Waals surface area contributed by atoms with E-state index in [4.69, 9.17) is 0 Å². The van der Waals surface area contributed by atoms with Gasteiger partial charge in [0.2, 0.25) is 22.9 Å². The molecule has 4 aliphatic carbocycles. The van der Waals surface area contributed by atoms with E-state index in [9.17, 15) is 40.2 Å². The van der Waals surface area contributed by atoms with E-state index in [2.05, 4.69) is 197 Å². The van der Waals surface area contributed by atoms with Gasteiger partial charge >= 0.3 is 0 Å². The number of allylic oxidation sites excluding steroid dienone is 6. The fourth-order valence-electron chi connectivity index (χ4n) is 22.1. The molecule has 4 aliphatic heterocycles. The Labute approximate surface area is 733 Å². The molecule has 6 N–H and O–H groups in total. The molecule has 6 atom stereocenters. The molecule has 11 aromatic rings. The van der Waals surface area contributed by atoms with Gasteiger partial charge < -0.3 is 40.4 Å². The molecule has 0 radical (unpaired) electrons. The number of nitrogens with zero attached hydrogens (tertiary/aromatic N) is 4. The molecular formula is C106H112N4O8S4+2. The number of rotatable bonds is 28. The zero-order valence-corrected chi connectivity index (χ0v) is 75.2. The minimum atomic E-state index is -0.629. The predicted molar refractivity (Wildman–Crippen MR) is 507 cm³/mol. The number of para-hydroxylation sites is 2. The number of hydrogen-bond donors (Lipinski definition) is 6. The van der Waals surface area contributed by atoms with E-state index < -0.39 is 22.4 Å². The van der Waals surface area contributed by atoms with Crippen LogP contribution in [0.2, 0.25) is 0 Å². The highest BCUT2D eigenvalue weighted by molar-refractivity contribution is 7.26. The summed E-state index contributed by atoms with van der Waals surface area (Å²) < 4.78 is 7.17. The van der Waals surface area contributed by atoms with Crippen molar-refractivity contribution in [3.63, 3.8) is 0 Å². The highest BCUT2D eigenvalue weighted by Crippen LogP contribution is 2.60. The van der Waals surface area contributed by atoms with E-state index in [-0.39, 0.29) is 80.0 Å². The average Bonchev–Trinajstić information content (AvgIpc) is 1.43. The maximum atomic E-state index is 14.8. The summed E-state index contributed by atoms with van der Waals surface area (Å²) in [6, 6.07) is 52.1. The van der Waals surface area contributed by atoms with Crippen LogP contribution >= 0.6 is 45.3 Å². The molecular weight excluding hydrogens is 1590 g/mol. The van der Waals surface area contributed by atoms with Crippen molar-refractivity contribution in [2.45, 2.75) is 232 Å². The largest absolute Gasteiger partial charge is 0.507 e. The molecule has 8 heterocycles. The van der Waals surface area contributed by atoms with Gasteiger partial charge in [0.05, 0.1) is 44.2 Å². The number of hydrogen-bond acceptors (Lipinski definition) is 14. The molecule has 122 heavy (non-hydrogen) atoms. The number of Topliss-reactive ketones (excluding diaryl/α,β-unsaturated/α-hetero) is 2. The topological polar surface area (TPSA) is 168 Å². The van der Waals surface area contributed by atoms with Gasteiger partial charge in [-0.05, 0) is 173 Å². The predicted octanol–water partition coefficient (Wildman–Crippen LogP) is 28.1. The number of fused-ring (bicyclic) bond motifs is 10. The average molecular weight is 1700 g/mol. The van der Waals surface area contributed by atoms with Crippen molar-refractivity contribution in [3.8, 4) is 64.8 Å². The van der Waals surface area contributed by atoms with Crippen LogP contribution in [-0.2, 0) is 33.3 Å². The second-order valence-electron chi connectivity index (χ2n) is 36.7. The first-order chi connectivity index (χ1) is 59.1. The van der Waals surface area contributed by atoms with E-state index in [0.29, 0.717) is 48.1 Å². The van der Waals surface area contributed by atoms with Crippen molar-refractivity contribution < 1.29 is 49.4 Å². The number of thiophene rings is 4. The molecule has 7 aromatic carbocycles. The maximum absolute atomic E-state index is 14.8. The minimum Gasteiger partial charge on any atom is -0.507 e. The van der Waals surface area contributed by atoms with Crippen LogP contribution < -0.4 is 9.80 Å². The number of carbonyl (C=O) groups is 2. The summed E-state index contributed by atoms with van der Waals surface area (Å²) in [4.78, 5) is 41.7. The van der Waals surface area contributed by atoms with Crippen molar-refractivity contribution in [1.82, 2.24) is 0 Å². The fraction of sp³-hybridized carbons (Fsp3) is 0.377. The van der Waals surface area contributed by atoms with Crippen LogP contribution in [0.15, 0.2) is 180 Å². The summed E-state index contributed by atoms with van der Waals surface area (Å²) in [7, 11) is 0. The highest BCUT2D eigenvalue weighted by atomic mass is 32.1. The zero-order chi connectivity index (χ0) is 84.6. The lowest BCUT2D eigenvalue weighted by Crippen LogP contribution is -2.31. The van der Waals surface area contributed by atoms with Gasteiger partial charge in [0.15, 0.2) is 11.4 Å². The number of carbonyl (C=O) groups excluding carboxylic acids is 2. The van der Waals surface area contributed by atoms with Crippen LogP contribution in [0.4, 0.5) is 34.1 Å². The molecule has 0 bridgehead atoms. The van der Waals surface area contributed by atoms with Gasteiger partial charge in [-0.3, -0.25) is 9.59 Å². The third kappa shape index (κ3) is 13.4. The molecule has 0 amide bonds. The Hall–Kier alpha value is -10.1. The third-order valence-corrected chi connectivity index (χ3v) is 33.3. The number of benzene rings is 7. The zero-order valence-electron chi connectivity index (χ0n) is 72.0. The summed E-state index contributed by atoms with van der Waals surface area (Å²) in [5, 5.41) is 74.3.